The molecule has 112 valence electrons. The van der Waals surface area contributed by atoms with E-state index in [1.165, 1.54) is 5.56 Å². The maximum atomic E-state index is 6.10. The Morgan fingerprint density at radius 2 is 2.00 bits per heavy atom. The third-order valence-corrected chi connectivity index (χ3v) is 3.54. The van der Waals surface area contributed by atoms with Crippen LogP contribution in [0.3, 0.4) is 0 Å². The Kier molecular flexibility index (Phi) is 4.86. The third kappa shape index (κ3) is 4.19. The molecule has 1 heterocycles. The van der Waals surface area contributed by atoms with Crippen molar-refractivity contribution in [1.82, 2.24) is 10.3 Å². The van der Waals surface area contributed by atoms with Gasteiger partial charge in [0.15, 0.2) is 0 Å². The summed E-state index contributed by atoms with van der Waals surface area (Å²) in [6.45, 7) is 7.22. The first-order valence-corrected chi connectivity index (χ1v) is 7.35. The molecule has 4 heteroatoms. The Balaban J connectivity index is 2.24. The number of pyridine rings is 1. The zero-order valence-corrected chi connectivity index (χ0v) is 13.7. The van der Waals surface area contributed by atoms with Gasteiger partial charge in [-0.2, -0.15) is 0 Å². The summed E-state index contributed by atoms with van der Waals surface area (Å²) in [5, 5.41) is 3.72. The van der Waals surface area contributed by atoms with Gasteiger partial charge in [-0.25, -0.2) is 4.98 Å². The lowest BCUT2D eigenvalue weighted by Crippen LogP contribution is -2.10. The van der Waals surface area contributed by atoms with Gasteiger partial charge in [-0.15, -0.1) is 0 Å². The molecule has 1 aromatic carbocycles. The molecule has 0 saturated heterocycles. The van der Waals surface area contributed by atoms with Crippen molar-refractivity contribution in [2.24, 2.45) is 0 Å². The fourth-order valence-corrected chi connectivity index (χ4v) is 2.16. The van der Waals surface area contributed by atoms with Crippen molar-refractivity contribution in [2.75, 3.05) is 7.05 Å². The van der Waals surface area contributed by atoms with Crippen LogP contribution >= 0.6 is 11.6 Å². The monoisotopic (exact) mass is 304 g/mol. The predicted octanol–water partition coefficient (Wildman–Crippen LogP) is 4.54. The third-order valence-electron chi connectivity index (χ3n) is 3.20. The van der Waals surface area contributed by atoms with E-state index in [4.69, 9.17) is 16.3 Å². The van der Waals surface area contributed by atoms with Crippen LogP contribution in [-0.2, 0) is 12.0 Å². The van der Waals surface area contributed by atoms with Crippen molar-refractivity contribution in [3.8, 4) is 11.6 Å². The molecular formula is C17H21ClN2O. The first-order valence-electron chi connectivity index (χ1n) is 6.97. The van der Waals surface area contributed by atoms with Crippen LogP contribution in [0, 0.1) is 0 Å². The summed E-state index contributed by atoms with van der Waals surface area (Å²) < 4.78 is 5.86. The number of nitrogens with zero attached hydrogens (tertiary/aromatic N) is 1. The van der Waals surface area contributed by atoms with Gasteiger partial charge in [0, 0.05) is 18.8 Å². The van der Waals surface area contributed by atoms with Gasteiger partial charge in [0.1, 0.15) is 5.75 Å². The smallest absolute Gasteiger partial charge is 0.219 e. The van der Waals surface area contributed by atoms with E-state index in [0.29, 0.717) is 17.4 Å². The summed E-state index contributed by atoms with van der Waals surface area (Å²) in [6.07, 6.45) is 1.62. The van der Waals surface area contributed by atoms with Gasteiger partial charge in [-0.1, -0.05) is 44.5 Å². The van der Waals surface area contributed by atoms with Crippen molar-refractivity contribution in [1.29, 1.82) is 0 Å². The molecule has 21 heavy (non-hydrogen) atoms. The van der Waals surface area contributed by atoms with E-state index in [1.807, 2.05) is 31.3 Å². The van der Waals surface area contributed by atoms with Crippen LogP contribution in [0.5, 0.6) is 11.6 Å². The average molecular weight is 305 g/mol. The van der Waals surface area contributed by atoms with Crippen LogP contribution in [0.2, 0.25) is 5.02 Å². The zero-order valence-electron chi connectivity index (χ0n) is 12.9. The van der Waals surface area contributed by atoms with Crippen LogP contribution in [-0.4, -0.2) is 12.0 Å². The van der Waals surface area contributed by atoms with Gasteiger partial charge in [-0.3, -0.25) is 0 Å². The largest absolute Gasteiger partial charge is 0.439 e. The van der Waals surface area contributed by atoms with Crippen LogP contribution in [0.15, 0.2) is 36.5 Å². The quantitative estimate of drug-likeness (QED) is 0.900. The Morgan fingerprint density at radius 1 is 1.24 bits per heavy atom. The lowest BCUT2D eigenvalue weighted by molar-refractivity contribution is 0.458. The normalized spacial score (nSPS) is 11.5. The molecule has 0 aliphatic rings. The van der Waals surface area contributed by atoms with Gasteiger partial charge in [0.05, 0.1) is 5.02 Å². The minimum absolute atomic E-state index is 0.0874. The molecule has 1 aromatic heterocycles. The molecule has 3 nitrogen and oxygen atoms in total. The molecule has 0 spiro atoms. The molecular weight excluding hydrogens is 284 g/mol. The summed E-state index contributed by atoms with van der Waals surface area (Å²) in [4.78, 5) is 4.23. The lowest BCUT2D eigenvalue weighted by Gasteiger charge is -2.19. The number of benzene rings is 1. The molecule has 0 bridgehead atoms. The summed E-state index contributed by atoms with van der Waals surface area (Å²) in [6, 6.07) is 9.95. The van der Waals surface area contributed by atoms with E-state index in [1.54, 1.807) is 6.20 Å². The summed E-state index contributed by atoms with van der Waals surface area (Å²) in [7, 11) is 1.88. The van der Waals surface area contributed by atoms with Crippen LogP contribution in [0.4, 0.5) is 0 Å². The Labute approximate surface area is 131 Å². The van der Waals surface area contributed by atoms with Crippen molar-refractivity contribution < 1.29 is 4.74 Å². The van der Waals surface area contributed by atoms with Crippen molar-refractivity contribution >= 4 is 11.6 Å². The highest BCUT2D eigenvalue weighted by Crippen LogP contribution is 2.28. The molecule has 0 amide bonds. The topological polar surface area (TPSA) is 34.1 Å². The summed E-state index contributed by atoms with van der Waals surface area (Å²) >= 11 is 6.10. The van der Waals surface area contributed by atoms with E-state index in [-0.39, 0.29) is 5.41 Å². The minimum Gasteiger partial charge on any atom is -0.439 e. The second-order valence-electron chi connectivity index (χ2n) is 6.02. The highest BCUT2D eigenvalue weighted by atomic mass is 35.5. The highest BCUT2D eigenvalue weighted by Gasteiger charge is 2.14. The second kappa shape index (κ2) is 6.46. The number of nitrogens with one attached hydrogen (secondary N) is 1. The van der Waals surface area contributed by atoms with E-state index in [9.17, 15) is 0 Å². The molecule has 0 atom stereocenters. The molecule has 0 fully saturated rings. The van der Waals surface area contributed by atoms with Crippen molar-refractivity contribution in [3.05, 3.63) is 52.7 Å². The highest BCUT2D eigenvalue weighted by molar-refractivity contribution is 6.31. The maximum Gasteiger partial charge on any atom is 0.219 e. The molecule has 2 aromatic rings. The van der Waals surface area contributed by atoms with Gasteiger partial charge < -0.3 is 10.1 Å². The molecule has 0 aliphatic heterocycles. The first-order chi connectivity index (χ1) is 9.90. The van der Waals surface area contributed by atoms with E-state index >= 15 is 0 Å². The molecule has 0 radical (unpaired) electrons. The van der Waals surface area contributed by atoms with Crippen molar-refractivity contribution in [2.45, 2.75) is 32.7 Å². The number of hydrogen-bond acceptors (Lipinski definition) is 3. The Bertz CT molecular complexity index is 620. The van der Waals surface area contributed by atoms with E-state index in [2.05, 4.69) is 37.1 Å². The standard InChI is InChI=1S/C17H21ClN2O/c1-17(2,3)13-6-5-7-14(9-13)21-16-8-12(10-19-4)15(18)11-20-16/h5-9,11,19H,10H2,1-4H3. The van der Waals surface area contributed by atoms with Crippen LogP contribution < -0.4 is 10.1 Å². The first kappa shape index (κ1) is 15.8. The van der Waals surface area contributed by atoms with Gasteiger partial charge in [0.2, 0.25) is 5.88 Å². The average Bonchev–Trinajstić information content (AvgIpc) is 2.42. The fourth-order valence-electron chi connectivity index (χ4n) is 1.99. The number of rotatable bonds is 4. The van der Waals surface area contributed by atoms with Crippen LogP contribution in [0.25, 0.3) is 0 Å². The SMILES string of the molecule is CNCc1cc(Oc2cccc(C(C)(C)C)c2)ncc1Cl. The van der Waals surface area contributed by atoms with Crippen LogP contribution in [0.1, 0.15) is 31.9 Å². The fraction of sp³-hybridized carbons (Fsp3) is 0.353. The van der Waals surface area contributed by atoms with Crippen molar-refractivity contribution in [3.63, 3.8) is 0 Å². The predicted molar refractivity (Wildman–Crippen MR) is 87.2 cm³/mol. The molecule has 2 rings (SSSR count). The van der Waals surface area contributed by atoms with Gasteiger partial charge in [-0.05, 0) is 35.7 Å². The minimum atomic E-state index is 0.0874. The van der Waals surface area contributed by atoms with Gasteiger partial charge >= 0.3 is 0 Å². The molecule has 0 aliphatic carbocycles. The second-order valence-corrected chi connectivity index (χ2v) is 6.43. The zero-order chi connectivity index (χ0) is 15.5. The van der Waals surface area contributed by atoms with E-state index < -0.39 is 0 Å². The lowest BCUT2D eigenvalue weighted by atomic mass is 9.87. The number of ether oxygens (including phenoxy) is 1. The van der Waals surface area contributed by atoms with E-state index in [0.717, 1.165) is 11.3 Å². The Hall–Kier alpha value is -1.58. The molecule has 0 saturated carbocycles. The summed E-state index contributed by atoms with van der Waals surface area (Å²) in [5.41, 5.74) is 2.28. The Morgan fingerprint density at radius 3 is 2.67 bits per heavy atom. The number of aromatic nitrogens is 1. The molecule has 1 N–H and O–H groups in total. The van der Waals surface area contributed by atoms with Gasteiger partial charge in [0.25, 0.3) is 0 Å². The number of hydrogen-bond donors (Lipinski definition) is 1. The molecule has 0 unspecified atom stereocenters. The summed E-state index contributed by atoms with van der Waals surface area (Å²) in [5.74, 6) is 1.34. The maximum absolute atomic E-state index is 6.10. The number of halogens is 1.